The summed E-state index contributed by atoms with van der Waals surface area (Å²) in [5.41, 5.74) is 3.26. The third-order valence-corrected chi connectivity index (χ3v) is 6.89. The Morgan fingerprint density at radius 2 is 1.69 bits per heavy atom. The second kappa shape index (κ2) is 8.91. The predicted molar refractivity (Wildman–Crippen MR) is 124 cm³/mol. The molecule has 0 radical (unpaired) electrons. The van der Waals surface area contributed by atoms with Crippen molar-refractivity contribution in [3.8, 4) is 11.3 Å². The van der Waals surface area contributed by atoms with Gasteiger partial charge in [0, 0.05) is 32.3 Å². The number of benzene rings is 2. The van der Waals surface area contributed by atoms with Crippen molar-refractivity contribution in [3.05, 3.63) is 76.0 Å². The fourth-order valence-corrected chi connectivity index (χ4v) is 3.81. The summed E-state index contributed by atoms with van der Waals surface area (Å²) in [6.07, 6.45) is 1.73. The summed E-state index contributed by atoms with van der Waals surface area (Å²) in [6.45, 7) is 3.20. The summed E-state index contributed by atoms with van der Waals surface area (Å²) in [7, 11) is -3.43. The van der Waals surface area contributed by atoms with E-state index in [0.29, 0.717) is 16.9 Å². The first-order valence-electron chi connectivity index (χ1n) is 8.90. The molecule has 0 bridgehead atoms. The van der Waals surface area contributed by atoms with Crippen molar-refractivity contribution in [1.82, 2.24) is 4.98 Å². The van der Waals surface area contributed by atoms with Crippen LogP contribution in [0.2, 0.25) is 0 Å². The molecule has 0 saturated carbocycles. The fraction of sp³-hybridized carbons (Fsp3) is 0.143. The molecule has 2 aromatic carbocycles. The highest BCUT2D eigenvalue weighted by Crippen LogP contribution is 2.27. The Hall–Kier alpha value is -2.46. The van der Waals surface area contributed by atoms with E-state index in [-0.39, 0.29) is 5.91 Å². The van der Waals surface area contributed by atoms with Crippen molar-refractivity contribution in [2.24, 2.45) is 0 Å². The topological polar surface area (TPSA) is 88.2 Å². The number of nitrogens with one attached hydrogen (secondary N) is 2. The van der Waals surface area contributed by atoms with Gasteiger partial charge < -0.3 is 5.32 Å². The molecule has 1 aromatic heterocycles. The van der Waals surface area contributed by atoms with Crippen LogP contribution in [0.25, 0.3) is 11.3 Å². The molecule has 0 unspecified atom stereocenters. The lowest BCUT2D eigenvalue weighted by Gasteiger charge is -2.12. The first-order chi connectivity index (χ1) is 13.8. The van der Waals surface area contributed by atoms with E-state index in [0.717, 1.165) is 14.8 Å². The summed E-state index contributed by atoms with van der Waals surface area (Å²) in [4.78, 5) is 17.0. The fourth-order valence-electron chi connectivity index (χ4n) is 2.50. The van der Waals surface area contributed by atoms with Gasteiger partial charge in [0.2, 0.25) is 10.0 Å². The van der Waals surface area contributed by atoms with Crippen LogP contribution in [-0.4, -0.2) is 24.6 Å². The van der Waals surface area contributed by atoms with Gasteiger partial charge in [-0.05, 0) is 91.0 Å². The average molecular weight is 521 g/mol. The van der Waals surface area contributed by atoms with Gasteiger partial charge in [-0.25, -0.2) is 8.42 Å². The second-order valence-electron chi connectivity index (χ2n) is 6.64. The third kappa shape index (κ3) is 5.33. The first-order valence-corrected chi connectivity index (χ1v) is 11.5. The van der Waals surface area contributed by atoms with Crippen LogP contribution >= 0.6 is 22.6 Å². The number of anilines is 2. The molecule has 0 saturated heterocycles. The maximum Gasteiger partial charge on any atom is 0.255 e. The van der Waals surface area contributed by atoms with Gasteiger partial charge in [-0.1, -0.05) is 6.07 Å². The van der Waals surface area contributed by atoms with E-state index < -0.39 is 15.3 Å². The number of pyridine rings is 1. The largest absolute Gasteiger partial charge is 0.322 e. The van der Waals surface area contributed by atoms with Crippen LogP contribution in [-0.2, 0) is 10.0 Å². The minimum absolute atomic E-state index is 0.281. The van der Waals surface area contributed by atoms with E-state index in [9.17, 15) is 13.2 Å². The number of hydrogen-bond acceptors (Lipinski definition) is 4. The molecule has 2 N–H and O–H groups in total. The summed E-state index contributed by atoms with van der Waals surface area (Å²) < 4.78 is 27.4. The zero-order valence-electron chi connectivity index (χ0n) is 15.9. The van der Waals surface area contributed by atoms with Crippen LogP contribution in [0.3, 0.4) is 0 Å². The molecule has 8 heteroatoms. The second-order valence-corrected chi connectivity index (χ2v) is 10.0. The van der Waals surface area contributed by atoms with Crippen LogP contribution in [0.1, 0.15) is 24.2 Å². The highest BCUT2D eigenvalue weighted by molar-refractivity contribution is 14.1. The normalized spacial score (nSPS) is 11.3. The standard InChI is InChI=1S/C21H20IN3O3S/c1-14(2)29(27,28)25-16-8-6-15(7-9-16)21(26)24-17-10-11-19(22)18(13-17)20-5-3-4-12-23-20/h3-14,25H,1-2H3,(H,24,26). The Labute approximate surface area is 184 Å². The van der Waals surface area contributed by atoms with Crippen molar-refractivity contribution >= 4 is 49.9 Å². The molecule has 1 heterocycles. The molecule has 0 fully saturated rings. The van der Waals surface area contributed by atoms with Gasteiger partial charge in [0.1, 0.15) is 0 Å². The lowest BCUT2D eigenvalue weighted by Crippen LogP contribution is -2.22. The van der Waals surface area contributed by atoms with Crippen LogP contribution < -0.4 is 10.0 Å². The molecule has 0 aliphatic heterocycles. The smallest absolute Gasteiger partial charge is 0.255 e. The number of nitrogens with zero attached hydrogens (tertiary/aromatic N) is 1. The van der Waals surface area contributed by atoms with Gasteiger partial charge in [0.15, 0.2) is 0 Å². The number of carbonyl (C=O) groups is 1. The lowest BCUT2D eigenvalue weighted by molar-refractivity contribution is 0.102. The molecule has 3 aromatic rings. The summed E-state index contributed by atoms with van der Waals surface area (Å²) in [5, 5.41) is 2.33. The maximum atomic E-state index is 12.6. The van der Waals surface area contributed by atoms with E-state index >= 15 is 0 Å². The van der Waals surface area contributed by atoms with E-state index in [1.54, 1.807) is 44.3 Å². The highest BCUT2D eigenvalue weighted by atomic mass is 127. The molecule has 0 spiro atoms. The van der Waals surface area contributed by atoms with Crippen molar-refractivity contribution in [2.75, 3.05) is 10.0 Å². The van der Waals surface area contributed by atoms with E-state index in [4.69, 9.17) is 0 Å². The van der Waals surface area contributed by atoms with Gasteiger partial charge in [0.05, 0.1) is 10.9 Å². The van der Waals surface area contributed by atoms with Gasteiger partial charge in [-0.15, -0.1) is 0 Å². The number of hydrogen-bond donors (Lipinski definition) is 2. The van der Waals surface area contributed by atoms with Crippen LogP contribution in [0.5, 0.6) is 0 Å². The minimum atomic E-state index is -3.43. The molecule has 150 valence electrons. The zero-order chi connectivity index (χ0) is 21.0. The molecule has 3 rings (SSSR count). The number of carbonyl (C=O) groups excluding carboxylic acids is 1. The number of rotatable bonds is 6. The Bertz CT molecular complexity index is 1120. The highest BCUT2D eigenvalue weighted by Gasteiger charge is 2.16. The van der Waals surface area contributed by atoms with Gasteiger partial charge in [-0.2, -0.15) is 0 Å². The molecule has 0 aliphatic carbocycles. The first kappa shape index (κ1) is 21.3. The number of aromatic nitrogens is 1. The summed E-state index contributed by atoms with van der Waals surface area (Å²) >= 11 is 2.24. The summed E-state index contributed by atoms with van der Waals surface area (Å²) in [6, 6.07) is 17.6. The molecule has 1 amide bonds. The maximum absolute atomic E-state index is 12.6. The number of halogens is 1. The number of amides is 1. The molecular weight excluding hydrogens is 501 g/mol. The Kier molecular flexibility index (Phi) is 6.53. The van der Waals surface area contributed by atoms with Gasteiger partial charge in [-0.3, -0.25) is 14.5 Å². The lowest BCUT2D eigenvalue weighted by atomic mass is 10.1. The molecule has 0 aliphatic rings. The Morgan fingerprint density at radius 1 is 1.00 bits per heavy atom. The van der Waals surface area contributed by atoms with Crippen LogP contribution in [0.4, 0.5) is 11.4 Å². The summed E-state index contributed by atoms with van der Waals surface area (Å²) in [5.74, 6) is -0.281. The molecule has 0 atom stereocenters. The predicted octanol–water partition coefficient (Wildman–Crippen LogP) is 4.76. The Balaban J connectivity index is 1.75. The van der Waals surface area contributed by atoms with Crippen LogP contribution in [0, 0.1) is 3.57 Å². The van der Waals surface area contributed by atoms with Gasteiger partial charge in [0.25, 0.3) is 5.91 Å². The van der Waals surface area contributed by atoms with Crippen LogP contribution in [0.15, 0.2) is 66.9 Å². The van der Waals surface area contributed by atoms with Crippen molar-refractivity contribution in [3.63, 3.8) is 0 Å². The van der Waals surface area contributed by atoms with E-state index in [1.807, 2.05) is 36.4 Å². The molecular formula is C21H20IN3O3S. The third-order valence-electron chi connectivity index (χ3n) is 4.19. The van der Waals surface area contributed by atoms with Crippen molar-refractivity contribution < 1.29 is 13.2 Å². The molecule has 6 nitrogen and oxygen atoms in total. The van der Waals surface area contributed by atoms with E-state index in [2.05, 4.69) is 37.6 Å². The van der Waals surface area contributed by atoms with Gasteiger partial charge >= 0.3 is 0 Å². The Morgan fingerprint density at radius 3 is 2.31 bits per heavy atom. The van der Waals surface area contributed by atoms with E-state index in [1.165, 1.54) is 0 Å². The average Bonchev–Trinajstić information content (AvgIpc) is 2.70. The monoisotopic (exact) mass is 521 g/mol. The SMILES string of the molecule is CC(C)S(=O)(=O)Nc1ccc(C(=O)Nc2ccc(I)c(-c3ccccn3)c2)cc1. The zero-order valence-corrected chi connectivity index (χ0v) is 18.9. The number of sulfonamides is 1. The van der Waals surface area contributed by atoms with Crippen molar-refractivity contribution in [1.29, 1.82) is 0 Å². The minimum Gasteiger partial charge on any atom is -0.322 e. The van der Waals surface area contributed by atoms with Crippen molar-refractivity contribution in [2.45, 2.75) is 19.1 Å². The quantitative estimate of drug-likeness (QED) is 0.459. The molecule has 29 heavy (non-hydrogen) atoms.